The van der Waals surface area contributed by atoms with Crippen LogP contribution < -0.4 is 10.2 Å². The Morgan fingerprint density at radius 3 is 1.76 bits per heavy atom. The molecular weight excluding hydrogens is 476 g/mol. The maximum atomic E-state index is 13.0. The summed E-state index contributed by atoms with van der Waals surface area (Å²) in [6, 6.07) is 10.3. The first-order valence-electron chi connectivity index (χ1n) is 11.2. The zero-order valence-corrected chi connectivity index (χ0v) is 22.2. The lowest BCUT2D eigenvalue weighted by atomic mass is 10.2. The molecule has 0 aliphatic heterocycles. The average Bonchev–Trinajstić information content (AvgIpc) is 2.81. The van der Waals surface area contributed by atoms with Crippen LogP contribution in [0, 0.1) is 0 Å². The van der Waals surface area contributed by atoms with Crippen molar-refractivity contribution in [1.82, 2.24) is 8.61 Å². The van der Waals surface area contributed by atoms with Gasteiger partial charge in [-0.2, -0.15) is 4.31 Å². The van der Waals surface area contributed by atoms with E-state index in [0.29, 0.717) is 37.6 Å². The molecule has 0 aromatic heterocycles. The van der Waals surface area contributed by atoms with Gasteiger partial charge in [0.15, 0.2) is 0 Å². The van der Waals surface area contributed by atoms with Gasteiger partial charge in [-0.25, -0.2) is 21.1 Å². The van der Waals surface area contributed by atoms with Gasteiger partial charge in [0, 0.05) is 45.8 Å². The van der Waals surface area contributed by atoms with Crippen LogP contribution in [0.2, 0.25) is 0 Å². The Morgan fingerprint density at radius 2 is 1.29 bits per heavy atom. The van der Waals surface area contributed by atoms with Crippen molar-refractivity contribution >= 4 is 37.3 Å². The molecule has 0 aliphatic carbocycles. The van der Waals surface area contributed by atoms with Crippen LogP contribution in [0.15, 0.2) is 52.3 Å². The lowest BCUT2D eigenvalue weighted by Crippen LogP contribution is -2.31. The van der Waals surface area contributed by atoms with Crippen LogP contribution in [0.3, 0.4) is 0 Å². The number of amides is 1. The highest BCUT2D eigenvalue weighted by Gasteiger charge is 2.24. The van der Waals surface area contributed by atoms with E-state index in [0.717, 1.165) is 4.31 Å². The van der Waals surface area contributed by atoms with Gasteiger partial charge in [0.25, 0.3) is 5.91 Å². The fourth-order valence-electron chi connectivity index (χ4n) is 3.51. The summed E-state index contributed by atoms with van der Waals surface area (Å²) in [5.74, 6) is -0.473. The molecule has 9 nitrogen and oxygen atoms in total. The third kappa shape index (κ3) is 5.77. The van der Waals surface area contributed by atoms with E-state index < -0.39 is 26.0 Å². The molecule has 0 saturated heterocycles. The van der Waals surface area contributed by atoms with Crippen LogP contribution in [0.4, 0.5) is 11.4 Å². The standard InChI is InChI=1S/C23H34N4O5S2/c1-7-26(8-2)22-16-15-20(34(31,32)27(9-3)10-4)17-21(22)24-23(28)18-11-13-19(14-12-18)33(29,30)25(5)6/h11-17H,7-10H2,1-6H3,(H,24,28). The van der Waals surface area contributed by atoms with Crippen molar-refractivity contribution in [3.8, 4) is 0 Å². The summed E-state index contributed by atoms with van der Waals surface area (Å²) in [6.45, 7) is 9.49. The van der Waals surface area contributed by atoms with Crippen LogP contribution in [-0.4, -0.2) is 71.6 Å². The van der Waals surface area contributed by atoms with Crippen LogP contribution in [0.1, 0.15) is 38.1 Å². The first-order chi connectivity index (χ1) is 15.9. The summed E-state index contributed by atoms with van der Waals surface area (Å²) in [5.41, 5.74) is 1.32. The molecule has 0 fully saturated rings. The number of carbonyl (C=O) groups is 1. The van der Waals surface area contributed by atoms with Gasteiger partial charge in [-0.15, -0.1) is 0 Å². The highest BCUT2D eigenvalue weighted by atomic mass is 32.2. The summed E-state index contributed by atoms with van der Waals surface area (Å²) in [6.07, 6.45) is 0. The molecule has 2 rings (SSSR count). The summed E-state index contributed by atoms with van der Waals surface area (Å²) < 4.78 is 53.1. The van der Waals surface area contributed by atoms with E-state index in [1.807, 2.05) is 18.7 Å². The molecule has 0 heterocycles. The summed E-state index contributed by atoms with van der Waals surface area (Å²) in [7, 11) is -4.46. The third-order valence-electron chi connectivity index (χ3n) is 5.56. The maximum absolute atomic E-state index is 13.0. The lowest BCUT2D eigenvalue weighted by Gasteiger charge is -2.26. The molecule has 0 spiro atoms. The third-order valence-corrected chi connectivity index (χ3v) is 9.43. The number of nitrogens with one attached hydrogen (secondary N) is 1. The largest absolute Gasteiger partial charge is 0.370 e. The Labute approximate surface area is 203 Å². The average molecular weight is 511 g/mol. The first kappa shape index (κ1) is 27.8. The van der Waals surface area contributed by atoms with E-state index >= 15 is 0 Å². The topological polar surface area (TPSA) is 107 Å². The zero-order chi connectivity index (χ0) is 25.7. The molecule has 188 valence electrons. The highest BCUT2D eigenvalue weighted by Crippen LogP contribution is 2.31. The van der Waals surface area contributed by atoms with E-state index in [9.17, 15) is 21.6 Å². The summed E-state index contributed by atoms with van der Waals surface area (Å²) in [4.78, 5) is 15.2. The molecule has 0 unspecified atom stereocenters. The molecule has 0 atom stereocenters. The molecule has 0 bridgehead atoms. The van der Waals surface area contributed by atoms with Gasteiger partial charge >= 0.3 is 0 Å². The van der Waals surface area contributed by atoms with Gasteiger partial charge in [-0.1, -0.05) is 13.8 Å². The molecule has 0 radical (unpaired) electrons. The molecule has 11 heteroatoms. The molecule has 1 N–H and O–H groups in total. The van der Waals surface area contributed by atoms with Crippen molar-refractivity contribution in [2.45, 2.75) is 37.5 Å². The number of anilines is 2. The predicted molar refractivity (Wildman–Crippen MR) is 135 cm³/mol. The highest BCUT2D eigenvalue weighted by molar-refractivity contribution is 7.89. The Hall–Kier alpha value is -2.47. The smallest absolute Gasteiger partial charge is 0.255 e. The predicted octanol–water partition coefficient (Wildman–Crippen LogP) is 3.07. The van der Waals surface area contributed by atoms with Crippen LogP contribution >= 0.6 is 0 Å². The fourth-order valence-corrected chi connectivity index (χ4v) is 5.90. The van der Waals surface area contributed by atoms with E-state index in [1.54, 1.807) is 26.0 Å². The molecule has 2 aromatic rings. The molecule has 2 aromatic carbocycles. The fraction of sp³-hybridized carbons (Fsp3) is 0.435. The molecule has 0 aliphatic rings. The minimum absolute atomic E-state index is 0.0743. The number of sulfonamides is 2. The molecule has 34 heavy (non-hydrogen) atoms. The number of benzene rings is 2. The van der Waals surface area contributed by atoms with Crippen LogP contribution in [0.5, 0.6) is 0 Å². The van der Waals surface area contributed by atoms with Crippen molar-refractivity contribution in [2.24, 2.45) is 0 Å². The molecular formula is C23H34N4O5S2. The number of nitrogens with zero attached hydrogens (tertiary/aromatic N) is 3. The Balaban J connectivity index is 2.48. The Kier molecular flexibility index (Phi) is 9.23. The van der Waals surface area contributed by atoms with Gasteiger partial charge in [-0.3, -0.25) is 4.79 Å². The van der Waals surface area contributed by atoms with Crippen molar-refractivity contribution < 1.29 is 21.6 Å². The van der Waals surface area contributed by atoms with Gasteiger partial charge in [-0.05, 0) is 56.3 Å². The zero-order valence-electron chi connectivity index (χ0n) is 20.6. The van der Waals surface area contributed by atoms with Crippen molar-refractivity contribution in [2.75, 3.05) is 50.5 Å². The second kappa shape index (κ2) is 11.3. The van der Waals surface area contributed by atoms with Crippen molar-refractivity contribution in [3.63, 3.8) is 0 Å². The van der Waals surface area contributed by atoms with Crippen LogP contribution in [0.25, 0.3) is 0 Å². The van der Waals surface area contributed by atoms with Crippen molar-refractivity contribution in [3.05, 3.63) is 48.0 Å². The van der Waals surface area contributed by atoms with E-state index in [-0.39, 0.29) is 15.4 Å². The SMILES string of the molecule is CCN(CC)c1ccc(S(=O)(=O)N(CC)CC)cc1NC(=O)c1ccc(S(=O)(=O)N(C)C)cc1. The summed E-state index contributed by atoms with van der Waals surface area (Å²) in [5, 5.41) is 2.82. The number of hydrogen-bond acceptors (Lipinski definition) is 6. The minimum atomic E-state index is -3.72. The first-order valence-corrected chi connectivity index (χ1v) is 14.0. The van der Waals surface area contributed by atoms with Gasteiger partial charge in [0.05, 0.1) is 21.2 Å². The normalized spacial score (nSPS) is 12.2. The van der Waals surface area contributed by atoms with Gasteiger partial charge in [0.1, 0.15) is 0 Å². The van der Waals surface area contributed by atoms with E-state index in [1.165, 1.54) is 48.7 Å². The Morgan fingerprint density at radius 1 is 0.765 bits per heavy atom. The molecule has 0 saturated carbocycles. The van der Waals surface area contributed by atoms with E-state index in [4.69, 9.17) is 0 Å². The number of rotatable bonds is 11. The quantitative estimate of drug-likeness (QED) is 0.498. The number of carbonyl (C=O) groups excluding carboxylic acids is 1. The second-order valence-corrected chi connectivity index (χ2v) is 11.8. The van der Waals surface area contributed by atoms with E-state index in [2.05, 4.69) is 5.32 Å². The Bertz CT molecular complexity index is 1200. The lowest BCUT2D eigenvalue weighted by molar-refractivity contribution is 0.102. The van der Waals surface area contributed by atoms with Crippen LogP contribution in [-0.2, 0) is 20.0 Å². The monoisotopic (exact) mass is 510 g/mol. The summed E-state index contributed by atoms with van der Waals surface area (Å²) >= 11 is 0. The molecule has 1 amide bonds. The van der Waals surface area contributed by atoms with Gasteiger partial charge in [0.2, 0.25) is 20.0 Å². The second-order valence-electron chi connectivity index (χ2n) is 7.71. The number of hydrogen-bond donors (Lipinski definition) is 1. The minimum Gasteiger partial charge on any atom is -0.370 e. The van der Waals surface area contributed by atoms with Crippen molar-refractivity contribution in [1.29, 1.82) is 0 Å². The maximum Gasteiger partial charge on any atom is 0.255 e. The van der Waals surface area contributed by atoms with Gasteiger partial charge < -0.3 is 10.2 Å².